The Morgan fingerprint density at radius 3 is 2.45 bits per heavy atom. The number of aromatic hydroxyl groups is 1. The summed E-state index contributed by atoms with van der Waals surface area (Å²) in [5, 5.41) is 25.5. The largest absolute Gasteiger partial charge is 0.505 e. The van der Waals surface area contributed by atoms with Crippen LogP contribution in [0, 0.1) is 0 Å². The van der Waals surface area contributed by atoms with Gasteiger partial charge in [0, 0.05) is 7.05 Å². The number of aromatic carboxylic acids is 1. The predicted octanol–water partition coefficient (Wildman–Crippen LogP) is 0.346. The second kappa shape index (κ2) is 6.41. The Morgan fingerprint density at radius 1 is 1.25 bits per heavy atom. The molecule has 0 spiro atoms. The number of likely N-dealkylation sites (N-methyl/N-ethyl adjacent to an activating group) is 1. The van der Waals surface area contributed by atoms with Gasteiger partial charge in [0.05, 0.1) is 5.69 Å². The number of hydrogen-bond donors (Lipinski definition) is 5. The number of urea groups is 1. The van der Waals surface area contributed by atoms with Gasteiger partial charge in [-0.1, -0.05) is 6.07 Å². The number of rotatable bonds is 4. The van der Waals surface area contributed by atoms with Gasteiger partial charge in [-0.25, -0.2) is 9.59 Å². The van der Waals surface area contributed by atoms with E-state index >= 15 is 0 Å². The molecule has 0 fully saturated rings. The third-order valence-electron chi connectivity index (χ3n) is 2.50. The highest BCUT2D eigenvalue weighted by atomic mass is 16.4. The summed E-state index contributed by atoms with van der Waals surface area (Å²) in [6, 6.07) is 2.41. The lowest BCUT2D eigenvalue weighted by Crippen LogP contribution is -2.45. The van der Waals surface area contributed by atoms with E-state index in [2.05, 4.69) is 16.0 Å². The molecule has 0 saturated heterocycles. The number of carbonyl (C=O) groups is 3. The molecule has 8 heteroatoms. The summed E-state index contributed by atoms with van der Waals surface area (Å²) in [5.74, 6) is -2.25. The summed E-state index contributed by atoms with van der Waals surface area (Å²) >= 11 is 0. The van der Waals surface area contributed by atoms with E-state index in [4.69, 9.17) is 5.11 Å². The predicted molar refractivity (Wildman–Crippen MR) is 70.7 cm³/mol. The summed E-state index contributed by atoms with van der Waals surface area (Å²) in [5.41, 5.74) is -0.395. The third kappa shape index (κ3) is 3.61. The minimum absolute atomic E-state index is 0.0634. The number of carboxylic acids is 1. The SMILES string of the molecule is CNC(=O)C(C)NC(=O)Nc1cccc(C(=O)O)c1O. The first-order valence-corrected chi connectivity index (χ1v) is 5.71. The fourth-order valence-corrected chi connectivity index (χ4v) is 1.45. The molecule has 0 aliphatic heterocycles. The molecule has 8 nitrogen and oxygen atoms in total. The molecule has 1 rings (SSSR count). The lowest BCUT2D eigenvalue weighted by Gasteiger charge is -2.14. The van der Waals surface area contributed by atoms with Gasteiger partial charge in [-0.3, -0.25) is 4.79 Å². The summed E-state index contributed by atoms with van der Waals surface area (Å²) < 4.78 is 0. The van der Waals surface area contributed by atoms with Gasteiger partial charge < -0.3 is 26.2 Å². The quantitative estimate of drug-likeness (QED) is 0.509. The van der Waals surface area contributed by atoms with Crippen LogP contribution >= 0.6 is 0 Å². The van der Waals surface area contributed by atoms with E-state index in [1.807, 2.05) is 0 Å². The number of benzene rings is 1. The standard InChI is InChI=1S/C12H15N3O5/c1-6(10(17)13-2)14-12(20)15-8-5-3-4-7(9(8)16)11(18)19/h3-6,16H,1-2H3,(H,13,17)(H,18,19)(H2,14,15,20). The van der Waals surface area contributed by atoms with Gasteiger partial charge in [-0.15, -0.1) is 0 Å². The van der Waals surface area contributed by atoms with E-state index in [1.54, 1.807) is 0 Å². The molecule has 5 N–H and O–H groups in total. The molecule has 0 aliphatic rings. The molecule has 0 heterocycles. The van der Waals surface area contributed by atoms with Crippen molar-refractivity contribution in [1.29, 1.82) is 0 Å². The van der Waals surface area contributed by atoms with Crippen LogP contribution in [0.15, 0.2) is 18.2 Å². The zero-order chi connectivity index (χ0) is 15.3. The molecule has 1 aromatic carbocycles. The average molecular weight is 281 g/mol. The highest BCUT2D eigenvalue weighted by molar-refractivity contribution is 5.98. The number of anilines is 1. The second-order valence-corrected chi connectivity index (χ2v) is 3.94. The van der Waals surface area contributed by atoms with Gasteiger partial charge in [-0.05, 0) is 19.1 Å². The molecule has 0 aromatic heterocycles. The van der Waals surface area contributed by atoms with Crippen LogP contribution in [0.3, 0.4) is 0 Å². The summed E-state index contributed by atoms with van der Waals surface area (Å²) in [4.78, 5) is 33.7. The summed E-state index contributed by atoms with van der Waals surface area (Å²) in [7, 11) is 1.43. The van der Waals surface area contributed by atoms with Crippen LogP contribution in [-0.4, -0.2) is 41.2 Å². The van der Waals surface area contributed by atoms with Crippen molar-refractivity contribution in [2.45, 2.75) is 13.0 Å². The molecule has 20 heavy (non-hydrogen) atoms. The lowest BCUT2D eigenvalue weighted by atomic mass is 10.1. The zero-order valence-corrected chi connectivity index (χ0v) is 10.9. The Labute approximate surface area is 114 Å². The first-order valence-electron chi connectivity index (χ1n) is 5.71. The van der Waals surface area contributed by atoms with Gasteiger partial charge in [0.25, 0.3) is 0 Å². The molecule has 0 bridgehead atoms. The van der Waals surface area contributed by atoms with E-state index in [0.29, 0.717) is 0 Å². The highest BCUT2D eigenvalue weighted by Crippen LogP contribution is 2.27. The maximum absolute atomic E-state index is 11.6. The van der Waals surface area contributed by atoms with Crippen LogP contribution in [0.4, 0.5) is 10.5 Å². The van der Waals surface area contributed by atoms with Crippen molar-refractivity contribution < 1.29 is 24.6 Å². The number of carboxylic acid groups (broad SMARTS) is 1. The number of amides is 3. The second-order valence-electron chi connectivity index (χ2n) is 3.94. The van der Waals surface area contributed by atoms with Crippen LogP contribution in [-0.2, 0) is 4.79 Å². The number of phenols is 1. The number of para-hydroxylation sites is 1. The number of hydrogen-bond acceptors (Lipinski definition) is 4. The third-order valence-corrected chi connectivity index (χ3v) is 2.50. The fourth-order valence-electron chi connectivity index (χ4n) is 1.45. The Balaban J connectivity index is 2.79. The first kappa shape index (κ1) is 15.3. The Hall–Kier alpha value is -2.77. The van der Waals surface area contributed by atoms with E-state index in [1.165, 1.54) is 32.2 Å². The smallest absolute Gasteiger partial charge is 0.339 e. The molecule has 0 radical (unpaired) electrons. The fraction of sp³-hybridized carbons (Fsp3) is 0.250. The average Bonchev–Trinajstić information content (AvgIpc) is 2.39. The summed E-state index contributed by atoms with van der Waals surface area (Å²) in [6.45, 7) is 1.48. The van der Waals surface area contributed by atoms with Crippen molar-refractivity contribution in [3.05, 3.63) is 23.8 Å². The number of carbonyl (C=O) groups excluding carboxylic acids is 2. The van der Waals surface area contributed by atoms with Gasteiger partial charge >= 0.3 is 12.0 Å². The van der Waals surface area contributed by atoms with Crippen LogP contribution in [0.1, 0.15) is 17.3 Å². The van der Waals surface area contributed by atoms with E-state index < -0.39 is 23.8 Å². The molecule has 1 atom stereocenters. The molecule has 0 saturated carbocycles. The lowest BCUT2D eigenvalue weighted by molar-refractivity contribution is -0.122. The van der Waals surface area contributed by atoms with Crippen molar-refractivity contribution in [2.24, 2.45) is 0 Å². The minimum Gasteiger partial charge on any atom is -0.505 e. The summed E-state index contributed by atoms with van der Waals surface area (Å²) in [6.07, 6.45) is 0. The van der Waals surface area contributed by atoms with Crippen molar-refractivity contribution in [3.63, 3.8) is 0 Å². The monoisotopic (exact) mass is 281 g/mol. The molecular formula is C12H15N3O5. The Morgan fingerprint density at radius 2 is 1.90 bits per heavy atom. The minimum atomic E-state index is -1.31. The van der Waals surface area contributed by atoms with E-state index in [9.17, 15) is 19.5 Å². The van der Waals surface area contributed by atoms with Crippen molar-refractivity contribution in [1.82, 2.24) is 10.6 Å². The van der Waals surface area contributed by atoms with Crippen molar-refractivity contribution in [3.8, 4) is 5.75 Å². The van der Waals surface area contributed by atoms with Gasteiger partial charge in [0.15, 0.2) is 5.75 Å². The van der Waals surface area contributed by atoms with Crippen LogP contribution in [0.25, 0.3) is 0 Å². The molecule has 0 aliphatic carbocycles. The maximum atomic E-state index is 11.6. The van der Waals surface area contributed by atoms with Crippen LogP contribution < -0.4 is 16.0 Å². The maximum Gasteiger partial charge on any atom is 0.339 e. The topological polar surface area (TPSA) is 128 Å². The van der Waals surface area contributed by atoms with Gasteiger partial charge in [0.2, 0.25) is 5.91 Å². The van der Waals surface area contributed by atoms with Crippen LogP contribution in [0.5, 0.6) is 5.75 Å². The Kier molecular flexibility index (Phi) is 4.90. The van der Waals surface area contributed by atoms with Gasteiger partial charge in [0.1, 0.15) is 11.6 Å². The zero-order valence-electron chi connectivity index (χ0n) is 10.9. The Bertz CT molecular complexity index is 544. The molecule has 3 amide bonds. The van der Waals surface area contributed by atoms with E-state index in [-0.39, 0.29) is 17.2 Å². The molecule has 108 valence electrons. The van der Waals surface area contributed by atoms with Gasteiger partial charge in [-0.2, -0.15) is 0 Å². The van der Waals surface area contributed by atoms with E-state index in [0.717, 1.165) is 0 Å². The van der Waals surface area contributed by atoms with Crippen molar-refractivity contribution >= 4 is 23.6 Å². The first-order chi connectivity index (χ1) is 9.36. The molecular weight excluding hydrogens is 266 g/mol. The van der Waals surface area contributed by atoms with Crippen molar-refractivity contribution in [2.75, 3.05) is 12.4 Å². The normalized spacial score (nSPS) is 11.3. The number of nitrogens with one attached hydrogen (secondary N) is 3. The molecule has 1 aromatic rings. The highest BCUT2D eigenvalue weighted by Gasteiger charge is 2.17. The molecule has 1 unspecified atom stereocenters. The van der Waals surface area contributed by atoms with Crippen LogP contribution in [0.2, 0.25) is 0 Å².